The van der Waals surface area contributed by atoms with Gasteiger partial charge in [0.25, 0.3) is 0 Å². The van der Waals surface area contributed by atoms with Crippen LogP contribution in [0.5, 0.6) is 0 Å². The molecule has 17 heavy (non-hydrogen) atoms. The van der Waals surface area contributed by atoms with Crippen LogP contribution in [-0.2, 0) is 6.42 Å². The largest absolute Gasteiger partial charge is 0.330 e. The Hall–Kier alpha value is -0.840. The summed E-state index contributed by atoms with van der Waals surface area (Å²) in [6, 6.07) is 10.3. The Morgan fingerprint density at radius 2 is 1.94 bits per heavy atom. The molecular weight excluding hydrogens is 296 g/mol. The number of pyridine rings is 1. The number of nitrogens with zero attached hydrogens (tertiary/aromatic N) is 1. The first-order chi connectivity index (χ1) is 8.29. The standard InChI is InChI=1S/C13H13BrN2S/c14-11-2-1-10(3-6-15)13(9-11)17-12-4-7-16-8-5-12/h1-2,4-5,7-9H,3,6,15H2. The number of aromatic nitrogens is 1. The molecule has 2 N–H and O–H groups in total. The number of halogens is 1. The van der Waals surface area contributed by atoms with E-state index in [1.165, 1.54) is 15.4 Å². The molecule has 0 atom stereocenters. The van der Waals surface area contributed by atoms with Crippen molar-refractivity contribution in [2.24, 2.45) is 5.73 Å². The molecule has 0 fully saturated rings. The molecule has 0 radical (unpaired) electrons. The van der Waals surface area contributed by atoms with Gasteiger partial charge in [0.1, 0.15) is 0 Å². The Labute approximate surface area is 114 Å². The molecule has 4 heteroatoms. The second-order valence-corrected chi connectivity index (χ2v) is 5.61. The summed E-state index contributed by atoms with van der Waals surface area (Å²) >= 11 is 5.25. The molecule has 0 aliphatic rings. The molecule has 1 heterocycles. The highest BCUT2D eigenvalue weighted by Crippen LogP contribution is 2.32. The summed E-state index contributed by atoms with van der Waals surface area (Å²) < 4.78 is 1.09. The molecule has 1 aromatic heterocycles. The van der Waals surface area contributed by atoms with Crippen LogP contribution >= 0.6 is 27.7 Å². The number of hydrogen-bond donors (Lipinski definition) is 1. The predicted molar refractivity (Wildman–Crippen MR) is 75.3 cm³/mol. The van der Waals surface area contributed by atoms with Crippen LogP contribution in [-0.4, -0.2) is 11.5 Å². The van der Waals surface area contributed by atoms with E-state index in [1.807, 2.05) is 24.5 Å². The van der Waals surface area contributed by atoms with Crippen molar-refractivity contribution < 1.29 is 0 Å². The first kappa shape index (κ1) is 12.6. The molecule has 0 amide bonds. The lowest BCUT2D eigenvalue weighted by atomic mass is 10.1. The van der Waals surface area contributed by atoms with E-state index in [4.69, 9.17) is 5.73 Å². The number of benzene rings is 1. The predicted octanol–water partition coefficient (Wildman–Crippen LogP) is 3.50. The summed E-state index contributed by atoms with van der Waals surface area (Å²) in [6.07, 6.45) is 4.52. The van der Waals surface area contributed by atoms with E-state index in [2.05, 4.69) is 39.1 Å². The summed E-state index contributed by atoms with van der Waals surface area (Å²) in [6.45, 7) is 0.672. The van der Waals surface area contributed by atoms with E-state index in [0.717, 1.165) is 10.9 Å². The van der Waals surface area contributed by atoms with Crippen molar-refractivity contribution in [3.8, 4) is 0 Å². The molecule has 0 saturated heterocycles. The third-order valence-corrected chi connectivity index (χ3v) is 3.92. The van der Waals surface area contributed by atoms with Crippen LogP contribution in [0.4, 0.5) is 0 Å². The normalized spacial score (nSPS) is 10.5. The quantitative estimate of drug-likeness (QED) is 0.939. The van der Waals surface area contributed by atoms with E-state index >= 15 is 0 Å². The van der Waals surface area contributed by atoms with Gasteiger partial charge in [-0.2, -0.15) is 0 Å². The van der Waals surface area contributed by atoms with Crippen molar-refractivity contribution in [3.05, 3.63) is 52.8 Å². The van der Waals surface area contributed by atoms with Gasteiger partial charge in [-0.15, -0.1) is 0 Å². The molecule has 0 spiro atoms. The number of nitrogens with two attached hydrogens (primary N) is 1. The van der Waals surface area contributed by atoms with Crippen molar-refractivity contribution in [3.63, 3.8) is 0 Å². The fourth-order valence-electron chi connectivity index (χ4n) is 1.52. The molecule has 88 valence electrons. The molecule has 0 unspecified atom stereocenters. The zero-order valence-corrected chi connectivity index (χ0v) is 11.7. The topological polar surface area (TPSA) is 38.9 Å². The highest BCUT2D eigenvalue weighted by molar-refractivity contribution is 9.10. The van der Waals surface area contributed by atoms with Gasteiger partial charge in [0.15, 0.2) is 0 Å². The van der Waals surface area contributed by atoms with Crippen molar-refractivity contribution in [2.45, 2.75) is 16.2 Å². The minimum atomic E-state index is 0.672. The Balaban J connectivity index is 2.27. The van der Waals surface area contributed by atoms with Crippen LogP contribution in [0.15, 0.2) is 57.0 Å². The maximum absolute atomic E-state index is 5.63. The maximum Gasteiger partial charge on any atom is 0.0279 e. The monoisotopic (exact) mass is 308 g/mol. The molecule has 0 saturated carbocycles. The average Bonchev–Trinajstić information content (AvgIpc) is 2.34. The molecule has 2 aromatic rings. The molecular formula is C13H13BrN2S. The van der Waals surface area contributed by atoms with Crippen LogP contribution in [0, 0.1) is 0 Å². The van der Waals surface area contributed by atoms with E-state index in [1.54, 1.807) is 11.8 Å². The Morgan fingerprint density at radius 3 is 2.65 bits per heavy atom. The Bertz CT molecular complexity index is 488. The van der Waals surface area contributed by atoms with E-state index in [-0.39, 0.29) is 0 Å². The third kappa shape index (κ3) is 3.56. The number of hydrogen-bond acceptors (Lipinski definition) is 3. The van der Waals surface area contributed by atoms with Gasteiger partial charge in [-0.05, 0) is 42.8 Å². The second kappa shape index (κ2) is 6.19. The summed E-state index contributed by atoms with van der Waals surface area (Å²) in [5, 5.41) is 0. The van der Waals surface area contributed by atoms with Crippen LogP contribution in [0.2, 0.25) is 0 Å². The molecule has 2 nitrogen and oxygen atoms in total. The fourth-order valence-corrected chi connectivity index (χ4v) is 3.03. The first-order valence-electron chi connectivity index (χ1n) is 5.36. The third-order valence-electron chi connectivity index (χ3n) is 2.32. The van der Waals surface area contributed by atoms with Gasteiger partial charge in [-0.25, -0.2) is 0 Å². The lowest BCUT2D eigenvalue weighted by Gasteiger charge is -2.08. The van der Waals surface area contributed by atoms with Gasteiger partial charge in [0.2, 0.25) is 0 Å². The van der Waals surface area contributed by atoms with Gasteiger partial charge in [-0.3, -0.25) is 4.98 Å². The van der Waals surface area contributed by atoms with E-state index < -0.39 is 0 Å². The minimum absolute atomic E-state index is 0.672. The molecule has 0 aliphatic carbocycles. The van der Waals surface area contributed by atoms with E-state index in [9.17, 15) is 0 Å². The van der Waals surface area contributed by atoms with Gasteiger partial charge >= 0.3 is 0 Å². The van der Waals surface area contributed by atoms with Crippen LogP contribution in [0.1, 0.15) is 5.56 Å². The van der Waals surface area contributed by atoms with Gasteiger partial charge in [0.05, 0.1) is 0 Å². The average molecular weight is 309 g/mol. The van der Waals surface area contributed by atoms with Crippen LogP contribution < -0.4 is 5.73 Å². The van der Waals surface area contributed by atoms with Gasteiger partial charge < -0.3 is 5.73 Å². The second-order valence-electron chi connectivity index (χ2n) is 3.58. The fraction of sp³-hybridized carbons (Fsp3) is 0.154. The summed E-state index contributed by atoms with van der Waals surface area (Å²) in [7, 11) is 0. The van der Waals surface area contributed by atoms with Crippen molar-refractivity contribution in [1.29, 1.82) is 0 Å². The SMILES string of the molecule is NCCc1ccc(Br)cc1Sc1ccncc1. The van der Waals surface area contributed by atoms with Crippen molar-refractivity contribution in [1.82, 2.24) is 4.98 Å². The zero-order valence-electron chi connectivity index (χ0n) is 9.27. The van der Waals surface area contributed by atoms with E-state index in [0.29, 0.717) is 6.54 Å². The lowest BCUT2D eigenvalue weighted by molar-refractivity contribution is 0.943. The molecule has 0 bridgehead atoms. The molecule has 0 aliphatic heterocycles. The minimum Gasteiger partial charge on any atom is -0.330 e. The highest BCUT2D eigenvalue weighted by Gasteiger charge is 2.04. The van der Waals surface area contributed by atoms with Gasteiger partial charge in [-0.1, -0.05) is 33.8 Å². The smallest absolute Gasteiger partial charge is 0.0279 e. The summed E-state index contributed by atoms with van der Waals surface area (Å²) in [4.78, 5) is 6.46. The maximum atomic E-state index is 5.63. The Kier molecular flexibility index (Phi) is 4.59. The summed E-state index contributed by atoms with van der Waals surface area (Å²) in [5.41, 5.74) is 6.92. The van der Waals surface area contributed by atoms with Crippen molar-refractivity contribution in [2.75, 3.05) is 6.54 Å². The zero-order chi connectivity index (χ0) is 12.1. The van der Waals surface area contributed by atoms with Crippen LogP contribution in [0.25, 0.3) is 0 Å². The summed E-state index contributed by atoms with van der Waals surface area (Å²) in [5.74, 6) is 0. The highest BCUT2D eigenvalue weighted by atomic mass is 79.9. The molecule has 2 rings (SSSR count). The Morgan fingerprint density at radius 1 is 1.18 bits per heavy atom. The van der Waals surface area contributed by atoms with Crippen molar-refractivity contribution >= 4 is 27.7 Å². The molecule has 1 aromatic carbocycles. The van der Waals surface area contributed by atoms with Gasteiger partial charge in [0, 0.05) is 26.7 Å². The lowest BCUT2D eigenvalue weighted by Crippen LogP contribution is -2.03. The first-order valence-corrected chi connectivity index (χ1v) is 6.97. The van der Waals surface area contributed by atoms with Crippen LogP contribution in [0.3, 0.4) is 0 Å². The number of rotatable bonds is 4.